The number of hydrogen-bond donors (Lipinski definition) is 1. The fourth-order valence-corrected chi connectivity index (χ4v) is 3.46. The highest BCUT2D eigenvalue weighted by Crippen LogP contribution is 2.29. The molecular formula is C21H18N2O3. The third kappa shape index (κ3) is 2.62. The lowest BCUT2D eigenvalue weighted by Crippen LogP contribution is -2.33. The highest BCUT2D eigenvalue weighted by molar-refractivity contribution is 6.34. The molecule has 4 rings (SSSR count). The second kappa shape index (κ2) is 6.26. The molecule has 2 aliphatic rings. The minimum Gasteiger partial charge on any atom is -0.349 e. The number of carbonyl (C=O) groups excluding carboxylic acids is 3. The molecule has 0 bridgehead atoms. The summed E-state index contributed by atoms with van der Waals surface area (Å²) in [6.07, 6.45) is 5.81. The molecule has 0 unspecified atom stereocenters. The van der Waals surface area contributed by atoms with Gasteiger partial charge in [-0.25, -0.2) is 4.90 Å². The molecule has 1 aliphatic heterocycles. The van der Waals surface area contributed by atoms with E-state index < -0.39 is 0 Å². The Balaban J connectivity index is 1.60. The van der Waals surface area contributed by atoms with Crippen LogP contribution in [0.3, 0.4) is 0 Å². The van der Waals surface area contributed by atoms with Gasteiger partial charge < -0.3 is 5.32 Å². The van der Waals surface area contributed by atoms with Crippen LogP contribution in [0.2, 0.25) is 0 Å². The SMILES string of the molecule is Cc1cc(N2C(=O)c3ccccc3C2=O)ccc1C(=O)NC1CC=CC1. The largest absolute Gasteiger partial charge is 0.349 e. The Morgan fingerprint density at radius 3 is 2.19 bits per heavy atom. The van der Waals surface area contributed by atoms with Crippen LogP contribution in [-0.2, 0) is 0 Å². The van der Waals surface area contributed by atoms with Gasteiger partial charge in [-0.05, 0) is 55.7 Å². The predicted octanol–water partition coefficient (Wildman–Crippen LogP) is 3.24. The van der Waals surface area contributed by atoms with Crippen LogP contribution in [0.1, 0.15) is 49.5 Å². The number of anilines is 1. The monoisotopic (exact) mass is 346 g/mol. The van der Waals surface area contributed by atoms with Crippen molar-refractivity contribution >= 4 is 23.4 Å². The van der Waals surface area contributed by atoms with Gasteiger partial charge in [0.25, 0.3) is 17.7 Å². The molecule has 5 nitrogen and oxygen atoms in total. The summed E-state index contributed by atoms with van der Waals surface area (Å²) >= 11 is 0. The van der Waals surface area contributed by atoms with Crippen molar-refractivity contribution in [1.29, 1.82) is 0 Å². The number of amides is 3. The topological polar surface area (TPSA) is 66.5 Å². The van der Waals surface area contributed by atoms with Crippen molar-refractivity contribution in [3.05, 3.63) is 76.9 Å². The molecule has 1 N–H and O–H groups in total. The van der Waals surface area contributed by atoms with Gasteiger partial charge in [0.1, 0.15) is 0 Å². The van der Waals surface area contributed by atoms with E-state index >= 15 is 0 Å². The third-order valence-corrected chi connectivity index (χ3v) is 4.85. The Bertz CT molecular complexity index is 918. The van der Waals surface area contributed by atoms with Crippen LogP contribution in [0.25, 0.3) is 0 Å². The zero-order valence-corrected chi connectivity index (χ0v) is 14.4. The molecule has 0 aromatic heterocycles. The van der Waals surface area contributed by atoms with Crippen LogP contribution in [0.15, 0.2) is 54.6 Å². The molecule has 1 heterocycles. The number of benzene rings is 2. The fraction of sp³-hybridized carbons (Fsp3) is 0.190. The lowest BCUT2D eigenvalue weighted by Gasteiger charge is -2.17. The van der Waals surface area contributed by atoms with E-state index in [4.69, 9.17) is 0 Å². The maximum atomic E-state index is 12.6. The van der Waals surface area contributed by atoms with Gasteiger partial charge in [-0.3, -0.25) is 14.4 Å². The first-order valence-electron chi connectivity index (χ1n) is 8.60. The minimum absolute atomic E-state index is 0.134. The van der Waals surface area contributed by atoms with E-state index in [1.54, 1.807) is 42.5 Å². The molecule has 0 saturated carbocycles. The highest BCUT2D eigenvalue weighted by Gasteiger charge is 2.36. The summed E-state index contributed by atoms with van der Waals surface area (Å²) in [7, 11) is 0. The van der Waals surface area contributed by atoms with Gasteiger partial charge in [-0.1, -0.05) is 24.3 Å². The quantitative estimate of drug-likeness (QED) is 0.685. The van der Waals surface area contributed by atoms with Crippen molar-refractivity contribution < 1.29 is 14.4 Å². The number of fused-ring (bicyclic) bond motifs is 1. The summed E-state index contributed by atoms with van der Waals surface area (Å²) in [4.78, 5) is 38.8. The third-order valence-electron chi connectivity index (χ3n) is 4.85. The Morgan fingerprint density at radius 1 is 1.00 bits per heavy atom. The summed E-state index contributed by atoms with van der Waals surface area (Å²) in [5.41, 5.74) is 2.57. The lowest BCUT2D eigenvalue weighted by molar-refractivity contribution is 0.0921. The molecule has 0 radical (unpaired) electrons. The Labute approximate surface area is 151 Å². The first-order chi connectivity index (χ1) is 12.6. The van der Waals surface area contributed by atoms with E-state index in [2.05, 4.69) is 17.5 Å². The molecule has 2 aromatic carbocycles. The molecule has 130 valence electrons. The van der Waals surface area contributed by atoms with Crippen LogP contribution in [0.4, 0.5) is 5.69 Å². The standard InChI is InChI=1S/C21H18N2O3/c1-13-12-15(10-11-16(13)19(24)22-14-6-2-3-7-14)23-20(25)17-8-4-5-9-18(17)21(23)26/h2-5,8-12,14H,6-7H2,1H3,(H,22,24). The number of carbonyl (C=O) groups is 3. The van der Waals surface area contributed by atoms with Crippen molar-refractivity contribution in [2.45, 2.75) is 25.8 Å². The van der Waals surface area contributed by atoms with Crippen LogP contribution in [-0.4, -0.2) is 23.8 Å². The van der Waals surface area contributed by atoms with E-state index in [1.807, 2.05) is 6.92 Å². The van der Waals surface area contributed by atoms with Crippen molar-refractivity contribution in [3.63, 3.8) is 0 Å². The number of aryl methyl sites for hydroxylation is 1. The molecule has 26 heavy (non-hydrogen) atoms. The van der Waals surface area contributed by atoms with E-state index in [9.17, 15) is 14.4 Å². The normalized spacial score (nSPS) is 16.3. The van der Waals surface area contributed by atoms with Crippen molar-refractivity contribution in [1.82, 2.24) is 5.32 Å². The Kier molecular flexibility index (Phi) is 3.92. The van der Waals surface area contributed by atoms with E-state index in [0.717, 1.165) is 18.4 Å². The van der Waals surface area contributed by atoms with Gasteiger partial charge in [0.15, 0.2) is 0 Å². The second-order valence-electron chi connectivity index (χ2n) is 6.60. The van der Waals surface area contributed by atoms with Gasteiger partial charge >= 0.3 is 0 Å². The first kappa shape index (κ1) is 16.3. The van der Waals surface area contributed by atoms with Gasteiger partial charge in [0.05, 0.1) is 16.8 Å². The van der Waals surface area contributed by atoms with E-state index in [-0.39, 0.29) is 23.8 Å². The van der Waals surface area contributed by atoms with Crippen LogP contribution in [0, 0.1) is 6.92 Å². The van der Waals surface area contributed by atoms with E-state index in [1.165, 1.54) is 4.90 Å². The number of rotatable bonds is 3. The maximum absolute atomic E-state index is 12.6. The molecule has 0 saturated heterocycles. The minimum atomic E-state index is -0.334. The fourth-order valence-electron chi connectivity index (χ4n) is 3.46. The summed E-state index contributed by atoms with van der Waals surface area (Å²) in [6, 6.07) is 12.0. The highest BCUT2D eigenvalue weighted by atomic mass is 16.2. The number of hydrogen-bond acceptors (Lipinski definition) is 3. The van der Waals surface area contributed by atoms with Gasteiger partial charge in [0.2, 0.25) is 0 Å². The maximum Gasteiger partial charge on any atom is 0.266 e. The molecule has 5 heteroatoms. The summed E-state index contributed by atoms with van der Waals surface area (Å²) in [5.74, 6) is -0.802. The molecule has 0 atom stereocenters. The molecule has 3 amide bonds. The van der Waals surface area contributed by atoms with Crippen LogP contribution < -0.4 is 10.2 Å². The summed E-state index contributed by atoms with van der Waals surface area (Å²) in [6.45, 7) is 1.81. The lowest BCUT2D eigenvalue weighted by atomic mass is 10.1. The molecule has 0 fully saturated rings. The Hall–Kier alpha value is -3.21. The Morgan fingerprint density at radius 2 is 1.62 bits per heavy atom. The van der Waals surface area contributed by atoms with Crippen molar-refractivity contribution in [2.75, 3.05) is 4.90 Å². The number of imide groups is 1. The molecular weight excluding hydrogens is 328 g/mol. The van der Waals surface area contributed by atoms with E-state index in [0.29, 0.717) is 22.4 Å². The van der Waals surface area contributed by atoms with Crippen molar-refractivity contribution in [3.8, 4) is 0 Å². The number of nitrogens with zero attached hydrogens (tertiary/aromatic N) is 1. The second-order valence-corrected chi connectivity index (χ2v) is 6.60. The molecule has 0 spiro atoms. The van der Waals surface area contributed by atoms with Gasteiger partial charge in [0, 0.05) is 11.6 Å². The summed E-state index contributed by atoms with van der Waals surface area (Å²) < 4.78 is 0. The average molecular weight is 346 g/mol. The zero-order chi connectivity index (χ0) is 18.3. The summed E-state index contributed by atoms with van der Waals surface area (Å²) in [5, 5.41) is 3.01. The first-order valence-corrected chi connectivity index (χ1v) is 8.60. The van der Waals surface area contributed by atoms with Gasteiger partial charge in [-0.2, -0.15) is 0 Å². The van der Waals surface area contributed by atoms with Gasteiger partial charge in [-0.15, -0.1) is 0 Å². The van der Waals surface area contributed by atoms with Crippen LogP contribution in [0.5, 0.6) is 0 Å². The smallest absolute Gasteiger partial charge is 0.266 e. The van der Waals surface area contributed by atoms with Crippen molar-refractivity contribution in [2.24, 2.45) is 0 Å². The molecule has 1 aliphatic carbocycles. The zero-order valence-electron chi connectivity index (χ0n) is 14.4. The molecule has 2 aromatic rings. The van der Waals surface area contributed by atoms with Crippen LogP contribution >= 0.6 is 0 Å². The average Bonchev–Trinajstić information content (AvgIpc) is 3.22. The number of nitrogens with one attached hydrogen (secondary N) is 1. The predicted molar refractivity (Wildman–Crippen MR) is 98.4 cm³/mol.